The predicted octanol–water partition coefficient (Wildman–Crippen LogP) is 1.14. The van der Waals surface area contributed by atoms with Gasteiger partial charge in [-0.1, -0.05) is 17.7 Å². The van der Waals surface area contributed by atoms with Crippen molar-refractivity contribution in [2.45, 2.75) is 6.92 Å². The first-order valence-electron chi connectivity index (χ1n) is 4.90. The van der Waals surface area contributed by atoms with E-state index in [1.165, 1.54) is 0 Å². The lowest BCUT2D eigenvalue weighted by Crippen LogP contribution is -2.31. The van der Waals surface area contributed by atoms with Crippen LogP contribution < -0.4 is 10.1 Å². The lowest BCUT2D eigenvalue weighted by atomic mass is 10.2. The van der Waals surface area contributed by atoms with Gasteiger partial charge in [-0.05, 0) is 24.6 Å². The summed E-state index contributed by atoms with van der Waals surface area (Å²) in [6.07, 6.45) is 0. The minimum absolute atomic E-state index is 0.0863. The summed E-state index contributed by atoms with van der Waals surface area (Å²) in [5, 5.41) is 11.5. The zero-order chi connectivity index (χ0) is 12.0. The van der Waals surface area contributed by atoms with Gasteiger partial charge in [-0.2, -0.15) is 0 Å². The Morgan fingerprint density at radius 1 is 1.56 bits per heavy atom. The van der Waals surface area contributed by atoms with Crippen LogP contribution in [0.2, 0.25) is 5.02 Å². The van der Waals surface area contributed by atoms with E-state index in [4.69, 9.17) is 21.4 Å². The first kappa shape index (κ1) is 12.8. The van der Waals surface area contributed by atoms with Gasteiger partial charge in [0.1, 0.15) is 5.75 Å². The molecule has 0 aliphatic rings. The molecular formula is C11H14ClNO3. The van der Waals surface area contributed by atoms with Crippen LogP contribution in [0.15, 0.2) is 18.2 Å². The summed E-state index contributed by atoms with van der Waals surface area (Å²) in [4.78, 5) is 11.2. The highest BCUT2D eigenvalue weighted by Gasteiger charge is 2.05. The summed E-state index contributed by atoms with van der Waals surface area (Å²) in [7, 11) is 0. The molecule has 1 aromatic rings. The van der Waals surface area contributed by atoms with Gasteiger partial charge in [0.25, 0.3) is 5.91 Å². The number of halogens is 1. The third kappa shape index (κ3) is 4.08. The number of rotatable bonds is 5. The van der Waals surface area contributed by atoms with Crippen LogP contribution in [0.3, 0.4) is 0 Å². The lowest BCUT2D eigenvalue weighted by Gasteiger charge is -2.08. The summed E-state index contributed by atoms with van der Waals surface area (Å²) >= 11 is 5.92. The van der Waals surface area contributed by atoms with Crippen LogP contribution in [-0.4, -0.2) is 30.8 Å². The number of nitrogens with one attached hydrogen (secondary N) is 1. The van der Waals surface area contributed by atoms with Crippen LogP contribution in [0.4, 0.5) is 0 Å². The Hall–Kier alpha value is -1.26. The van der Waals surface area contributed by atoms with E-state index in [2.05, 4.69) is 5.32 Å². The van der Waals surface area contributed by atoms with E-state index in [0.29, 0.717) is 10.8 Å². The van der Waals surface area contributed by atoms with Crippen LogP contribution in [0, 0.1) is 6.92 Å². The highest BCUT2D eigenvalue weighted by molar-refractivity contribution is 6.32. The number of aliphatic hydroxyl groups excluding tert-OH is 1. The molecule has 1 rings (SSSR count). The maximum atomic E-state index is 11.2. The Morgan fingerprint density at radius 3 is 2.94 bits per heavy atom. The van der Waals surface area contributed by atoms with Gasteiger partial charge in [0.2, 0.25) is 0 Å². The highest BCUT2D eigenvalue weighted by Crippen LogP contribution is 2.24. The lowest BCUT2D eigenvalue weighted by molar-refractivity contribution is -0.123. The van der Waals surface area contributed by atoms with Crippen LogP contribution >= 0.6 is 11.6 Å². The van der Waals surface area contributed by atoms with Crippen molar-refractivity contribution in [3.63, 3.8) is 0 Å². The van der Waals surface area contributed by atoms with Crippen LogP contribution in [-0.2, 0) is 4.79 Å². The molecule has 0 aliphatic heterocycles. The fourth-order valence-corrected chi connectivity index (χ4v) is 1.40. The molecule has 1 aromatic carbocycles. The second-order valence-corrected chi connectivity index (χ2v) is 3.70. The number of carbonyl (C=O) groups excluding carboxylic acids is 1. The van der Waals surface area contributed by atoms with Crippen LogP contribution in [0.1, 0.15) is 5.56 Å². The van der Waals surface area contributed by atoms with E-state index in [1.54, 1.807) is 12.1 Å². The first-order valence-corrected chi connectivity index (χ1v) is 5.28. The molecule has 0 spiro atoms. The van der Waals surface area contributed by atoms with E-state index >= 15 is 0 Å². The number of ether oxygens (including phenoxy) is 1. The van der Waals surface area contributed by atoms with Gasteiger partial charge < -0.3 is 15.2 Å². The normalized spacial score (nSPS) is 9.94. The van der Waals surface area contributed by atoms with Crippen molar-refractivity contribution in [1.29, 1.82) is 0 Å². The molecule has 88 valence electrons. The molecule has 0 aromatic heterocycles. The number of amides is 1. The van der Waals surface area contributed by atoms with Crippen molar-refractivity contribution in [2.75, 3.05) is 19.8 Å². The highest BCUT2D eigenvalue weighted by atomic mass is 35.5. The molecule has 4 nitrogen and oxygen atoms in total. The van der Waals surface area contributed by atoms with Gasteiger partial charge in [-0.25, -0.2) is 0 Å². The van der Waals surface area contributed by atoms with Gasteiger partial charge >= 0.3 is 0 Å². The van der Waals surface area contributed by atoms with Crippen molar-refractivity contribution in [1.82, 2.24) is 5.32 Å². The van der Waals surface area contributed by atoms with Gasteiger partial charge in [-0.3, -0.25) is 4.79 Å². The second kappa shape index (κ2) is 6.35. The van der Waals surface area contributed by atoms with Gasteiger partial charge in [-0.15, -0.1) is 0 Å². The molecule has 0 fully saturated rings. The smallest absolute Gasteiger partial charge is 0.258 e. The molecule has 0 saturated heterocycles. The molecule has 0 heterocycles. The summed E-state index contributed by atoms with van der Waals surface area (Å²) in [5.41, 5.74) is 1.03. The van der Waals surface area contributed by atoms with E-state index in [9.17, 15) is 4.79 Å². The van der Waals surface area contributed by atoms with Gasteiger partial charge in [0.05, 0.1) is 11.6 Å². The van der Waals surface area contributed by atoms with Crippen LogP contribution in [0.25, 0.3) is 0 Å². The molecule has 1 amide bonds. The SMILES string of the molecule is Cc1ccc(OCC(=O)NCCO)c(Cl)c1. The quantitative estimate of drug-likeness (QED) is 0.815. The zero-order valence-corrected chi connectivity index (χ0v) is 9.75. The van der Waals surface area contributed by atoms with Crippen molar-refractivity contribution < 1.29 is 14.6 Å². The van der Waals surface area contributed by atoms with E-state index in [-0.39, 0.29) is 25.7 Å². The molecule has 0 unspecified atom stereocenters. The Balaban J connectivity index is 2.45. The average Bonchev–Trinajstić information content (AvgIpc) is 2.25. The third-order valence-corrected chi connectivity index (χ3v) is 2.18. The predicted molar refractivity (Wildman–Crippen MR) is 61.8 cm³/mol. The Bertz CT molecular complexity index is 368. The standard InChI is InChI=1S/C11H14ClNO3/c1-8-2-3-10(9(12)6-8)16-7-11(15)13-4-5-14/h2-3,6,14H,4-5,7H2,1H3,(H,13,15). The van der Waals surface area contributed by atoms with Crippen molar-refractivity contribution in [3.8, 4) is 5.75 Å². The van der Waals surface area contributed by atoms with Crippen molar-refractivity contribution >= 4 is 17.5 Å². The van der Waals surface area contributed by atoms with Crippen molar-refractivity contribution in [3.05, 3.63) is 28.8 Å². The molecule has 0 saturated carbocycles. The maximum absolute atomic E-state index is 11.2. The minimum atomic E-state index is -0.286. The summed E-state index contributed by atoms with van der Waals surface area (Å²) in [6, 6.07) is 5.34. The molecule has 16 heavy (non-hydrogen) atoms. The van der Waals surface area contributed by atoms with E-state index in [1.807, 2.05) is 13.0 Å². The molecular weight excluding hydrogens is 230 g/mol. The largest absolute Gasteiger partial charge is 0.482 e. The summed E-state index contributed by atoms with van der Waals surface area (Å²) in [6.45, 7) is 1.95. The second-order valence-electron chi connectivity index (χ2n) is 3.30. The third-order valence-electron chi connectivity index (χ3n) is 1.88. The van der Waals surface area contributed by atoms with Crippen LogP contribution in [0.5, 0.6) is 5.75 Å². The number of hydrogen-bond donors (Lipinski definition) is 2. The molecule has 0 radical (unpaired) electrons. The number of aliphatic hydroxyl groups is 1. The fraction of sp³-hybridized carbons (Fsp3) is 0.364. The topological polar surface area (TPSA) is 58.6 Å². The molecule has 2 N–H and O–H groups in total. The average molecular weight is 244 g/mol. The first-order chi connectivity index (χ1) is 7.63. The van der Waals surface area contributed by atoms with Gasteiger partial charge in [0, 0.05) is 6.54 Å². The zero-order valence-electron chi connectivity index (χ0n) is 9.00. The molecule has 0 aliphatic carbocycles. The number of benzene rings is 1. The maximum Gasteiger partial charge on any atom is 0.258 e. The molecule has 0 bridgehead atoms. The monoisotopic (exact) mass is 243 g/mol. The molecule has 5 heteroatoms. The fourth-order valence-electron chi connectivity index (χ4n) is 1.11. The molecule has 0 atom stereocenters. The van der Waals surface area contributed by atoms with E-state index < -0.39 is 0 Å². The summed E-state index contributed by atoms with van der Waals surface area (Å²) in [5.74, 6) is 0.192. The summed E-state index contributed by atoms with van der Waals surface area (Å²) < 4.78 is 5.22. The Kier molecular flexibility index (Phi) is 5.08. The number of hydrogen-bond acceptors (Lipinski definition) is 3. The van der Waals surface area contributed by atoms with Gasteiger partial charge in [0.15, 0.2) is 6.61 Å². The minimum Gasteiger partial charge on any atom is -0.482 e. The number of aryl methyl sites for hydroxylation is 1. The van der Waals surface area contributed by atoms with E-state index in [0.717, 1.165) is 5.56 Å². The van der Waals surface area contributed by atoms with Crippen molar-refractivity contribution in [2.24, 2.45) is 0 Å². The number of carbonyl (C=O) groups is 1. The Labute approximate surface area is 99.2 Å². The Morgan fingerprint density at radius 2 is 2.31 bits per heavy atom.